The Balaban J connectivity index is 1.41. The quantitative estimate of drug-likeness (QED) is 0.653. The van der Waals surface area contributed by atoms with Crippen LogP contribution in [0.25, 0.3) is 5.65 Å². The first-order valence-corrected chi connectivity index (χ1v) is 10.3. The van der Waals surface area contributed by atoms with Gasteiger partial charge in [0.05, 0.1) is 10.7 Å². The Kier molecular flexibility index (Phi) is 5.99. The van der Waals surface area contributed by atoms with Gasteiger partial charge in [-0.1, -0.05) is 40.9 Å². The van der Waals surface area contributed by atoms with Crippen molar-refractivity contribution in [1.29, 1.82) is 0 Å². The Morgan fingerprint density at radius 2 is 1.62 bits per heavy atom. The minimum atomic E-state index is -0.265. The molecule has 9 heteroatoms. The van der Waals surface area contributed by atoms with Crippen LogP contribution in [0.15, 0.2) is 41.3 Å². The van der Waals surface area contributed by atoms with Gasteiger partial charge in [0.2, 0.25) is 0 Å². The zero-order valence-electron chi connectivity index (χ0n) is 15.5. The summed E-state index contributed by atoms with van der Waals surface area (Å²) in [5.41, 5.74) is 1.64. The number of piperazine rings is 1. The first-order valence-electron chi connectivity index (χ1n) is 9.18. The Morgan fingerprint density at radius 1 is 0.931 bits per heavy atom. The van der Waals surface area contributed by atoms with Crippen LogP contribution in [-0.4, -0.2) is 50.5 Å². The van der Waals surface area contributed by atoms with Crippen LogP contribution in [-0.2, 0) is 13.1 Å². The number of hydrogen-bond acceptors (Lipinski definition) is 5. The fourth-order valence-electron chi connectivity index (χ4n) is 3.51. The maximum Gasteiger partial charge on any atom is 0.258 e. The number of rotatable bonds is 4. The van der Waals surface area contributed by atoms with Crippen LogP contribution >= 0.6 is 34.8 Å². The predicted molar refractivity (Wildman–Crippen MR) is 115 cm³/mol. The Bertz CT molecular complexity index is 1110. The van der Waals surface area contributed by atoms with Gasteiger partial charge in [-0.05, 0) is 17.7 Å². The number of benzene rings is 1. The molecule has 1 fully saturated rings. The van der Waals surface area contributed by atoms with E-state index in [1.807, 2.05) is 12.1 Å². The number of fused-ring (bicyclic) bond motifs is 1. The van der Waals surface area contributed by atoms with Gasteiger partial charge in [0.15, 0.2) is 11.4 Å². The fraction of sp³-hybridized carbons (Fsp3) is 0.300. The van der Waals surface area contributed by atoms with Crippen molar-refractivity contribution in [3.63, 3.8) is 0 Å². The summed E-state index contributed by atoms with van der Waals surface area (Å²) in [7, 11) is 0. The maximum absolute atomic E-state index is 12.4. The van der Waals surface area contributed by atoms with E-state index in [9.17, 15) is 9.90 Å². The Hall–Kier alpha value is -1.83. The highest BCUT2D eigenvalue weighted by Crippen LogP contribution is 2.23. The van der Waals surface area contributed by atoms with Crippen molar-refractivity contribution in [3.05, 3.63) is 73.2 Å². The van der Waals surface area contributed by atoms with E-state index < -0.39 is 0 Å². The van der Waals surface area contributed by atoms with Crippen LogP contribution < -0.4 is 5.56 Å². The molecule has 4 rings (SSSR count). The van der Waals surface area contributed by atoms with E-state index in [2.05, 4.69) is 14.8 Å². The molecule has 1 saturated heterocycles. The number of nitrogens with zero attached hydrogens (tertiary/aromatic N) is 4. The Morgan fingerprint density at radius 3 is 2.31 bits per heavy atom. The van der Waals surface area contributed by atoms with Crippen molar-refractivity contribution in [1.82, 2.24) is 19.2 Å². The first kappa shape index (κ1) is 20.4. The van der Waals surface area contributed by atoms with Gasteiger partial charge in [-0.3, -0.25) is 19.0 Å². The molecule has 0 saturated carbocycles. The summed E-state index contributed by atoms with van der Waals surface area (Å²) < 4.78 is 1.26. The molecule has 2 aromatic heterocycles. The van der Waals surface area contributed by atoms with E-state index in [4.69, 9.17) is 34.8 Å². The van der Waals surface area contributed by atoms with Crippen LogP contribution in [0.3, 0.4) is 0 Å². The molecule has 6 nitrogen and oxygen atoms in total. The molecular weight excluding hydrogens is 435 g/mol. The van der Waals surface area contributed by atoms with Gasteiger partial charge < -0.3 is 5.11 Å². The number of hydrogen-bond donors (Lipinski definition) is 1. The third-order valence-corrected chi connectivity index (χ3v) is 5.81. The molecule has 29 heavy (non-hydrogen) atoms. The summed E-state index contributed by atoms with van der Waals surface area (Å²) in [4.78, 5) is 21.4. The largest absolute Gasteiger partial charge is 0.504 e. The van der Waals surface area contributed by atoms with Gasteiger partial charge in [0, 0.05) is 67.6 Å². The summed E-state index contributed by atoms with van der Waals surface area (Å²) in [6.45, 7) is 4.77. The van der Waals surface area contributed by atoms with Gasteiger partial charge >= 0.3 is 0 Å². The van der Waals surface area contributed by atoms with Crippen LogP contribution in [0, 0.1) is 0 Å². The summed E-state index contributed by atoms with van der Waals surface area (Å²) in [5, 5.41) is 11.7. The minimum absolute atomic E-state index is 0.110. The van der Waals surface area contributed by atoms with E-state index in [0.29, 0.717) is 22.3 Å². The monoisotopic (exact) mass is 452 g/mol. The normalized spacial score (nSPS) is 15.8. The molecule has 1 N–H and O–H groups in total. The van der Waals surface area contributed by atoms with E-state index >= 15 is 0 Å². The topological polar surface area (TPSA) is 61.1 Å². The summed E-state index contributed by atoms with van der Waals surface area (Å²) in [6, 6.07) is 8.45. The highest BCUT2D eigenvalue weighted by atomic mass is 35.5. The summed E-state index contributed by atoms with van der Waals surface area (Å²) in [6.07, 6.45) is 1.45. The van der Waals surface area contributed by atoms with Gasteiger partial charge in [0.1, 0.15) is 0 Å². The predicted octanol–water partition coefficient (Wildman–Crippen LogP) is 3.68. The fourth-order valence-corrected chi connectivity index (χ4v) is 4.18. The molecule has 0 spiro atoms. The molecule has 0 radical (unpaired) electrons. The first-order chi connectivity index (χ1) is 13.9. The van der Waals surface area contributed by atoms with Crippen LogP contribution in [0.1, 0.15) is 11.3 Å². The molecule has 1 aliphatic rings. The molecule has 0 atom stereocenters. The van der Waals surface area contributed by atoms with Crippen LogP contribution in [0.4, 0.5) is 0 Å². The van der Waals surface area contributed by atoms with E-state index in [1.54, 1.807) is 6.07 Å². The second-order valence-corrected chi connectivity index (χ2v) is 8.39. The van der Waals surface area contributed by atoms with Crippen molar-refractivity contribution in [2.75, 3.05) is 26.2 Å². The van der Waals surface area contributed by atoms with Gasteiger partial charge in [0.25, 0.3) is 5.56 Å². The third-order valence-electron chi connectivity index (χ3n) is 5.02. The highest BCUT2D eigenvalue weighted by Gasteiger charge is 2.19. The van der Waals surface area contributed by atoms with Crippen molar-refractivity contribution >= 4 is 40.4 Å². The average molecular weight is 454 g/mol. The van der Waals surface area contributed by atoms with E-state index in [-0.39, 0.29) is 22.0 Å². The summed E-state index contributed by atoms with van der Waals surface area (Å²) in [5.74, 6) is -0.110. The van der Waals surface area contributed by atoms with Gasteiger partial charge in [-0.2, -0.15) is 0 Å². The lowest BCUT2D eigenvalue weighted by molar-refractivity contribution is 0.121. The maximum atomic E-state index is 12.4. The van der Waals surface area contributed by atoms with Gasteiger partial charge in [-0.15, -0.1) is 0 Å². The molecule has 3 heterocycles. The van der Waals surface area contributed by atoms with Crippen LogP contribution in [0.5, 0.6) is 5.75 Å². The van der Waals surface area contributed by atoms with Crippen molar-refractivity contribution in [3.8, 4) is 5.75 Å². The molecule has 152 valence electrons. The number of halogens is 3. The second-order valence-electron chi connectivity index (χ2n) is 7.11. The molecule has 0 aliphatic carbocycles. The smallest absolute Gasteiger partial charge is 0.258 e. The highest BCUT2D eigenvalue weighted by molar-refractivity contribution is 6.35. The van der Waals surface area contributed by atoms with E-state index in [1.165, 1.54) is 22.7 Å². The minimum Gasteiger partial charge on any atom is -0.504 e. The molecule has 0 amide bonds. The lowest BCUT2D eigenvalue weighted by atomic mass is 10.2. The molecule has 3 aromatic rings. The SMILES string of the molecule is O=c1cc(CN2CCN(Cc3ccc(Cl)cc3Cl)CC2)nc2c(O)cc(Cl)cn12. The van der Waals surface area contributed by atoms with Crippen molar-refractivity contribution < 1.29 is 5.11 Å². The number of aromatic nitrogens is 2. The zero-order valence-corrected chi connectivity index (χ0v) is 17.8. The standard InChI is InChI=1S/C20H19Cl3N4O2/c21-14-2-1-13(17(23)7-14)10-25-3-5-26(6-4-25)12-16-9-19(29)27-11-15(22)8-18(28)20(27)24-16/h1-2,7-9,11,28H,3-6,10,12H2. The molecule has 1 aliphatic heterocycles. The average Bonchev–Trinajstić information content (AvgIpc) is 2.66. The molecule has 1 aromatic carbocycles. The Labute approximate surface area is 182 Å². The van der Waals surface area contributed by atoms with E-state index in [0.717, 1.165) is 38.3 Å². The van der Waals surface area contributed by atoms with Crippen molar-refractivity contribution in [2.24, 2.45) is 0 Å². The molecular formula is C20H19Cl3N4O2. The lowest BCUT2D eigenvalue weighted by Crippen LogP contribution is -2.45. The van der Waals surface area contributed by atoms with Crippen molar-refractivity contribution in [2.45, 2.75) is 13.1 Å². The second kappa shape index (κ2) is 8.50. The van der Waals surface area contributed by atoms with Gasteiger partial charge in [-0.25, -0.2) is 4.98 Å². The molecule has 0 bridgehead atoms. The zero-order chi connectivity index (χ0) is 20.5. The number of aromatic hydroxyl groups is 1. The van der Waals surface area contributed by atoms with Crippen LogP contribution in [0.2, 0.25) is 15.1 Å². The summed E-state index contributed by atoms with van der Waals surface area (Å²) >= 11 is 18.1. The molecule has 0 unspecified atom stereocenters. The number of pyridine rings is 1. The third kappa shape index (κ3) is 4.68. The lowest BCUT2D eigenvalue weighted by Gasteiger charge is -2.34.